The van der Waals surface area contributed by atoms with Crippen molar-refractivity contribution in [3.8, 4) is 11.5 Å². The number of nitrogens with one attached hydrogen (secondary N) is 1. The number of anilines is 2. The summed E-state index contributed by atoms with van der Waals surface area (Å²) in [5.74, 6) is -14.3. The number of hydrogen-bond acceptors (Lipinski definition) is 10. The summed E-state index contributed by atoms with van der Waals surface area (Å²) in [7, 11) is 1.07. The molecule has 336 valence electrons. The molecule has 2 aromatic carbocycles. The second kappa shape index (κ2) is 15.4. The van der Waals surface area contributed by atoms with Gasteiger partial charge in [0.05, 0.1) is 38.8 Å². The Morgan fingerprint density at radius 3 is 2.16 bits per heavy atom. The van der Waals surface area contributed by atoms with E-state index in [-0.39, 0.29) is 27.6 Å². The Labute approximate surface area is 369 Å². The smallest absolute Gasteiger partial charge is 0.508 e. The van der Waals surface area contributed by atoms with Gasteiger partial charge in [0, 0.05) is 29.7 Å². The topological polar surface area (TPSA) is 145 Å². The lowest BCUT2D eigenvalue weighted by Crippen LogP contribution is -2.53. The first-order chi connectivity index (χ1) is 29.8. The van der Waals surface area contributed by atoms with Crippen molar-refractivity contribution in [2.24, 2.45) is 23.7 Å². The molecule has 2 N–H and O–H groups in total. The molecule has 2 saturated heterocycles. The lowest BCUT2D eigenvalue weighted by atomic mass is 9.49. The monoisotopic (exact) mass is 962 g/mol. The van der Waals surface area contributed by atoms with Gasteiger partial charge in [-0.25, -0.2) is 9.97 Å². The molecule has 12 nitrogen and oxygen atoms in total. The number of carbonyl (C=O) groups is 4. The highest BCUT2D eigenvalue weighted by Crippen LogP contribution is 2.65. The molecule has 4 aromatic rings. The minimum Gasteiger partial charge on any atom is -0.508 e. The Hall–Kier alpha value is -5.80. The summed E-state index contributed by atoms with van der Waals surface area (Å²) >= 11 is 18.6. The number of phenols is 1. The third-order valence-corrected chi connectivity index (χ3v) is 12.6. The van der Waals surface area contributed by atoms with Gasteiger partial charge in [-0.1, -0.05) is 58.6 Å². The number of aromatic nitrogens is 2. The number of amides is 4. The minimum atomic E-state index is -5.27. The van der Waals surface area contributed by atoms with Crippen LogP contribution in [0.2, 0.25) is 15.1 Å². The Balaban J connectivity index is 1.31. The molecular weight excluding hydrogens is 938 g/mol. The van der Waals surface area contributed by atoms with E-state index in [9.17, 15) is 59.0 Å². The number of benzene rings is 2. The van der Waals surface area contributed by atoms with Crippen LogP contribution in [-0.2, 0) is 36.9 Å². The summed E-state index contributed by atoms with van der Waals surface area (Å²) in [5.41, 5.74) is -2.91. The molecule has 1 saturated carbocycles. The number of halogens is 12. The predicted molar refractivity (Wildman–Crippen MR) is 206 cm³/mol. The van der Waals surface area contributed by atoms with Gasteiger partial charge in [0.2, 0.25) is 0 Å². The lowest BCUT2D eigenvalue weighted by molar-refractivity contribution is -0.274. The fraction of sp³-hybridized carbons (Fsp3) is 0.300. The van der Waals surface area contributed by atoms with Gasteiger partial charge in [-0.05, 0) is 72.9 Å². The van der Waals surface area contributed by atoms with Crippen molar-refractivity contribution in [1.82, 2.24) is 20.0 Å². The zero-order valence-electron chi connectivity index (χ0n) is 32.0. The van der Waals surface area contributed by atoms with Gasteiger partial charge < -0.3 is 9.84 Å². The number of ether oxygens (including phenoxy) is 1. The van der Waals surface area contributed by atoms with Crippen LogP contribution in [0.15, 0.2) is 78.5 Å². The molecule has 24 heteroatoms. The van der Waals surface area contributed by atoms with Gasteiger partial charge in [0.1, 0.15) is 17.2 Å². The molecule has 8 rings (SSSR count). The third-order valence-electron chi connectivity index (χ3n) is 11.8. The first kappa shape index (κ1) is 44.8. The molecule has 2 aromatic heterocycles. The first-order valence-corrected chi connectivity index (χ1v) is 19.8. The van der Waals surface area contributed by atoms with E-state index in [2.05, 4.69) is 20.1 Å². The van der Waals surface area contributed by atoms with Crippen LogP contribution in [0.4, 0.5) is 51.1 Å². The zero-order chi connectivity index (χ0) is 46.6. The number of fused-ring (bicyclic) bond motifs is 4. The standard InChI is InChI=1S/C40H26Cl3F9N6O6/c1-56(32-25(42)9-11-28(54-32)39(47,48)49)58-33(60)21-8-7-20-22(29(21)35(58)62)14-24-34(61)57(55-31-26(43)12-17(15-53-31)38(44,45)46)36(63)37(24,16-2-4-18(41)5-3-16)30(20)23-13-19(6-10-27(23)59)64-40(50,51)52/h2-7,9-13,15,21-22,24,29-30,59H,8,14H2,1H3,(H,53,55)/t21-,22+,24-,29-,30+,37+/m0/s1. The minimum absolute atomic E-state index is 0.00416. The first-order valence-electron chi connectivity index (χ1n) is 18.6. The summed E-state index contributed by atoms with van der Waals surface area (Å²) in [6.45, 7) is 0. The number of carbonyl (C=O) groups excluding carboxylic acids is 4. The van der Waals surface area contributed by atoms with Crippen LogP contribution in [-0.4, -0.2) is 62.1 Å². The fourth-order valence-corrected chi connectivity index (χ4v) is 9.84. The highest BCUT2D eigenvalue weighted by molar-refractivity contribution is 6.33. The summed E-state index contributed by atoms with van der Waals surface area (Å²) < 4.78 is 127. The van der Waals surface area contributed by atoms with Crippen molar-refractivity contribution in [2.45, 2.75) is 42.9 Å². The quantitative estimate of drug-likeness (QED) is 0.105. The number of alkyl halides is 9. The fourth-order valence-electron chi connectivity index (χ4n) is 9.28. The summed E-state index contributed by atoms with van der Waals surface area (Å²) in [5, 5.41) is 12.3. The maximum atomic E-state index is 15.4. The van der Waals surface area contributed by atoms with E-state index < -0.39 is 129 Å². The number of imide groups is 2. The van der Waals surface area contributed by atoms with E-state index in [0.717, 1.165) is 36.3 Å². The van der Waals surface area contributed by atoms with Crippen LogP contribution in [0.5, 0.6) is 11.5 Å². The van der Waals surface area contributed by atoms with Crippen molar-refractivity contribution >= 4 is 70.1 Å². The van der Waals surface area contributed by atoms with Gasteiger partial charge >= 0.3 is 18.7 Å². The Bertz CT molecular complexity index is 2670. The SMILES string of the molecule is CN(c1nc(C(F)(F)F)ccc1Cl)N1C(=O)[C@H]2[C@H](CC=C3[C@H]2C[C@H]2C(=O)N(Nc4ncc(C(F)(F)F)cc4Cl)C(=O)[C@@]2(c2ccc(Cl)cc2)[C@H]3c2cc(OC(F)(F)F)ccc2O)C1=O. The van der Waals surface area contributed by atoms with Gasteiger partial charge in [-0.15, -0.1) is 13.2 Å². The lowest BCUT2D eigenvalue weighted by Gasteiger charge is -2.50. The van der Waals surface area contributed by atoms with Crippen LogP contribution in [0.1, 0.15) is 41.1 Å². The van der Waals surface area contributed by atoms with Gasteiger partial charge in [-0.2, -0.15) is 36.4 Å². The zero-order valence-corrected chi connectivity index (χ0v) is 34.3. The number of rotatable bonds is 7. The van der Waals surface area contributed by atoms with Crippen LogP contribution in [0.3, 0.4) is 0 Å². The summed E-state index contributed by atoms with van der Waals surface area (Å²) in [6.07, 6.45) is -14.1. The maximum absolute atomic E-state index is 15.4. The highest BCUT2D eigenvalue weighted by Gasteiger charge is 2.71. The summed E-state index contributed by atoms with van der Waals surface area (Å²) in [6, 6.07) is 9.67. The van der Waals surface area contributed by atoms with E-state index in [1.54, 1.807) is 0 Å². The van der Waals surface area contributed by atoms with Crippen molar-refractivity contribution in [3.63, 3.8) is 0 Å². The molecule has 4 heterocycles. The maximum Gasteiger partial charge on any atom is 0.573 e. The normalized spacial score (nSPS) is 24.6. The van der Waals surface area contributed by atoms with Gasteiger partial charge in [0.25, 0.3) is 23.6 Å². The molecule has 0 unspecified atom stereocenters. The molecule has 4 aliphatic rings. The van der Waals surface area contributed by atoms with Crippen LogP contribution in [0, 0.1) is 23.7 Å². The van der Waals surface area contributed by atoms with E-state index in [4.69, 9.17) is 34.8 Å². The van der Waals surface area contributed by atoms with E-state index in [1.165, 1.54) is 30.3 Å². The van der Waals surface area contributed by atoms with Crippen LogP contribution < -0.4 is 15.2 Å². The van der Waals surface area contributed by atoms with Gasteiger partial charge in [0.15, 0.2) is 11.6 Å². The largest absolute Gasteiger partial charge is 0.573 e. The number of hydrogen-bond donors (Lipinski definition) is 2. The Kier molecular flexibility index (Phi) is 10.8. The Morgan fingerprint density at radius 2 is 1.53 bits per heavy atom. The number of allylic oxidation sites excluding steroid dienone is 2. The molecule has 0 bridgehead atoms. The van der Waals surface area contributed by atoms with Crippen molar-refractivity contribution in [1.29, 1.82) is 0 Å². The third kappa shape index (κ3) is 7.30. The van der Waals surface area contributed by atoms with Crippen molar-refractivity contribution in [3.05, 3.63) is 116 Å². The molecule has 2 aliphatic heterocycles. The van der Waals surface area contributed by atoms with E-state index in [1.807, 2.05) is 0 Å². The number of phenolic OH excluding ortho intramolecular Hbond substituents is 1. The van der Waals surface area contributed by atoms with E-state index in [0.29, 0.717) is 28.3 Å². The number of hydrazine groups is 2. The molecular formula is C40H26Cl3F9N6O6. The molecule has 0 spiro atoms. The second-order valence-electron chi connectivity index (χ2n) is 15.2. The van der Waals surface area contributed by atoms with Gasteiger partial charge in [-0.3, -0.25) is 29.6 Å². The highest BCUT2D eigenvalue weighted by atomic mass is 35.5. The number of pyridine rings is 2. The molecule has 3 fully saturated rings. The average Bonchev–Trinajstić information content (AvgIpc) is 3.58. The average molecular weight is 964 g/mol. The summed E-state index contributed by atoms with van der Waals surface area (Å²) in [4.78, 5) is 66.3. The van der Waals surface area contributed by atoms with Crippen molar-refractivity contribution < 1.29 is 68.5 Å². The molecule has 2 aliphatic carbocycles. The van der Waals surface area contributed by atoms with E-state index >= 15 is 4.79 Å². The molecule has 64 heavy (non-hydrogen) atoms. The number of aromatic hydroxyl groups is 1. The van der Waals surface area contributed by atoms with Crippen LogP contribution >= 0.6 is 34.8 Å². The Morgan fingerprint density at radius 1 is 0.844 bits per heavy atom. The van der Waals surface area contributed by atoms with Crippen molar-refractivity contribution in [2.75, 3.05) is 17.5 Å². The molecule has 4 amide bonds. The molecule has 6 atom stereocenters. The predicted octanol–water partition coefficient (Wildman–Crippen LogP) is 9.11. The van der Waals surface area contributed by atoms with Crippen LogP contribution in [0.25, 0.3) is 0 Å². The second-order valence-corrected chi connectivity index (χ2v) is 16.4. The number of nitrogens with zero attached hydrogens (tertiary/aromatic N) is 5. The molecule has 0 radical (unpaired) electrons.